The molecule has 0 aliphatic heterocycles. The van der Waals surface area contributed by atoms with E-state index in [1.807, 2.05) is 0 Å². The van der Waals surface area contributed by atoms with Gasteiger partial charge < -0.3 is 10.6 Å². The standard InChI is InChI=1S/C18H16F2N2O2/c19-14-7-13(8-15(20)9-14)17(23)21-10-11-2-1-3-16(6-11)22-18(24)12-4-5-12/h1-3,6-9,12H,4-5,10H2,(H,21,23)(H,22,24). The first-order chi connectivity index (χ1) is 11.5. The molecule has 0 spiro atoms. The lowest BCUT2D eigenvalue weighted by Gasteiger charge is -2.09. The molecule has 2 amide bonds. The maximum absolute atomic E-state index is 13.1. The normalized spacial score (nSPS) is 13.4. The molecule has 24 heavy (non-hydrogen) atoms. The number of anilines is 1. The third-order valence-electron chi connectivity index (χ3n) is 3.72. The molecule has 2 aromatic rings. The quantitative estimate of drug-likeness (QED) is 0.884. The van der Waals surface area contributed by atoms with Crippen LogP contribution >= 0.6 is 0 Å². The lowest BCUT2D eigenvalue weighted by molar-refractivity contribution is -0.117. The fraction of sp³-hybridized carbons (Fsp3) is 0.222. The highest BCUT2D eigenvalue weighted by Gasteiger charge is 2.29. The monoisotopic (exact) mass is 330 g/mol. The molecule has 0 unspecified atom stereocenters. The van der Waals surface area contributed by atoms with Crippen LogP contribution in [0, 0.1) is 17.6 Å². The molecule has 2 N–H and O–H groups in total. The Labute approximate surface area is 137 Å². The Morgan fingerprint density at radius 3 is 2.42 bits per heavy atom. The minimum absolute atomic E-state index is 0.00595. The number of carbonyl (C=O) groups is 2. The van der Waals surface area contributed by atoms with Crippen molar-refractivity contribution >= 4 is 17.5 Å². The summed E-state index contributed by atoms with van der Waals surface area (Å²) in [6, 6.07) is 9.75. The molecule has 6 heteroatoms. The number of amides is 2. The van der Waals surface area contributed by atoms with Gasteiger partial charge in [-0.3, -0.25) is 9.59 Å². The second kappa shape index (κ2) is 6.78. The molecule has 0 aromatic heterocycles. The first-order valence-corrected chi connectivity index (χ1v) is 7.65. The Kier molecular flexibility index (Phi) is 4.55. The van der Waals surface area contributed by atoms with Crippen LogP contribution in [0.25, 0.3) is 0 Å². The van der Waals surface area contributed by atoms with Crippen molar-refractivity contribution in [2.24, 2.45) is 5.92 Å². The van der Waals surface area contributed by atoms with E-state index in [0.717, 1.165) is 30.5 Å². The van der Waals surface area contributed by atoms with Gasteiger partial charge in [-0.05, 0) is 42.7 Å². The highest BCUT2D eigenvalue weighted by Crippen LogP contribution is 2.30. The summed E-state index contributed by atoms with van der Waals surface area (Å²) < 4.78 is 26.3. The van der Waals surface area contributed by atoms with E-state index < -0.39 is 17.5 Å². The molecule has 0 saturated heterocycles. The molecule has 1 fully saturated rings. The fourth-order valence-electron chi connectivity index (χ4n) is 2.32. The molecule has 3 rings (SSSR count). The van der Waals surface area contributed by atoms with Gasteiger partial charge in [-0.15, -0.1) is 0 Å². The Morgan fingerprint density at radius 2 is 1.75 bits per heavy atom. The van der Waals surface area contributed by atoms with Crippen molar-refractivity contribution in [3.05, 3.63) is 65.2 Å². The average Bonchev–Trinajstić information content (AvgIpc) is 3.37. The van der Waals surface area contributed by atoms with Crippen LogP contribution in [0.5, 0.6) is 0 Å². The van der Waals surface area contributed by atoms with Crippen molar-refractivity contribution in [1.29, 1.82) is 0 Å². The maximum Gasteiger partial charge on any atom is 0.251 e. The first-order valence-electron chi connectivity index (χ1n) is 7.65. The summed E-state index contributed by atoms with van der Waals surface area (Å²) in [4.78, 5) is 23.7. The average molecular weight is 330 g/mol. The lowest BCUT2D eigenvalue weighted by Crippen LogP contribution is -2.23. The van der Waals surface area contributed by atoms with Gasteiger partial charge in [0.25, 0.3) is 5.91 Å². The van der Waals surface area contributed by atoms with Gasteiger partial charge in [0, 0.05) is 29.8 Å². The molecule has 1 saturated carbocycles. The van der Waals surface area contributed by atoms with E-state index in [0.29, 0.717) is 11.8 Å². The van der Waals surface area contributed by atoms with Crippen LogP contribution in [0.4, 0.5) is 14.5 Å². The van der Waals surface area contributed by atoms with Crippen LogP contribution in [0.1, 0.15) is 28.8 Å². The van der Waals surface area contributed by atoms with E-state index in [-0.39, 0.29) is 23.9 Å². The van der Waals surface area contributed by atoms with Crippen molar-refractivity contribution in [3.8, 4) is 0 Å². The molecule has 0 radical (unpaired) electrons. The number of hydrogen-bond acceptors (Lipinski definition) is 2. The summed E-state index contributed by atoms with van der Waals surface area (Å²) in [6.07, 6.45) is 1.84. The molecule has 4 nitrogen and oxygen atoms in total. The van der Waals surface area contributed by atoms with Crippen molar-refractivity contribution in [3.63, 3.8) is 0 Å². The lowest BCUT2D eigenvalue weighted by atomic mass is 10.1. The number of benzene rings is 2. The molecule has 2 aromatic carbocycles. The summed E-state index contributed by atoms with van der Waals surface area (Å²) in [5.41, 5.74) is 1.36. The van der Waals surface area contributed by atoms with Gasteiger partial charge in [-0.1, -0.05) is 12.1 Å². The predicted molar refractivity (Wildman–Crippen MR) is 85.3 cm³/mol. The summed E-state index contributed by atoms with van der Waals surface area (Å²) in [5, 5.41) is 5.43. The van der Waals surface area contributed by atoms with E-state index in [1.54, 1.807) is 24.3 Å². The van der Waals surface area contributed by atoms with Crippen molar-refractivity contribution < 1.29 is 18.4 Å². The minimum atomic E-state index is -0.801. The fourth-order valence-corrected chi connectivity index (χ4v) is 2.32. The number of hydrogen-bond donors (Lipinski definition) is 2. The minimum Gasteiger partial charge on any atom is -0.348 e. The van der Waals surface area contributed by atoms with Crippen LogP contribution in [-0.2, 0) is 11.3 Å². The molecular formula is C18H16F2N2O2. The van der Waals surface area contributed by atoms with Crippen LogP contribution in [0.2, 0.25) is 0 Å². The molecular weight excluding hydrogens is 314 g/mol. The van der Waals surface area contributed by atoms with Gasteiger partial charge in [0.1, 0.15) is 11.6 Å². The smallest absolute Gasteiger partial charge is 0.251 e. The zero-order chi connectivity index (χ0) is 17.1. The van der Waals surface area contributed by atoms with E-state index in [2.05, 4.69) is 10.6 Å². The number of halogens is 2. The Morgan fingerprint density at radius 1 is 1.04 bits per heavy atom. The third-order valence-corrected chi connectivity index (χ3v) is 3.72. The zero-order valence-electron chi connectivity index (χ0n) is 12.8. The number of rotatable bonds is 5. The summed E-state index contributed by atoms with van der Waals surface area (Å²) in [5.74, 6) is -2.06. The highest BCUT2D eigenvalue weighted by molar-refractivity contribution is 5.95. The van der Waals surface area contributed by atoms with E-state index >= 15 is 0 Å². The van der Waals surface area contributed by atoms with Gasteiger partial charge in [0.05, 0.1) is 0 Å². The third kappa shape index (κ3) is 4.16. The van der Waals surface area contributed by atoms with E-state index in [1.165, 1.54) is 0 Å². The molecule has 1 aliphatic rings. The SMILES string of the molecule is O=C(NCc1cccc(NC(=O)C2CC2)c1)c1cc(F)cc(F)c1. The highest BCUT2D eigenvalue weighted by atomic mass is 19.1. The molecule has 124 valence electrons. The summed E-state index contributed by atoms with van der Waals surface area (Å²) in [6.45, 7) is 0.185. The Hall–Kier alpha value is -2.76. The van der Waals surface area contributed by atoms with E-state index in [4.69, 9.17) is 0 Å². The largest absolute Gasteiger partial charge is 0.348 e. The number of nitrogens with one attached hydrogen (secondary N) is 2. The molecule has 0 bridgehead atoms. The topological polar surface area (TPSA) is 58.2 Å². The van der Waals surface area contributed by atoms with Gasteiger partial charge >= 0.3 is 0 Å². The first kappa shape index (κ1) is 16.1. The van der Waals surface area contributed by atoms with Gasteiger partial charge in [0.15, 0.2) is 0 Å². The van der Waals surface area contributed by atoms with Gasteiger partial charge in [0.2, 0.25) is 5.91 Å². The van der Waals surface area contributed by atoms with Crippen LogP contribution in [0.3, 0.4) is 0 Å². The van der Waals surface area contributed by atoms with Crippen LogP contribution in [0.15, 0.2) is 42.5 Å². The van der Waals surface area contributed by atoms with Crippen molar-refractivity contribution in [2.75, 3.05) is 5.32 Å². The Balaban J connectivity index is 1.61. The van der Waals surface area contributed by atoms with Crippen molar-refractivity contribution in [2.45, 2.75) is 19.4 Å². The maximum atomic E-state index is 13.1. The van der Waals surface area contributed by atoms with Crippen molar-refractivity contribution in [1.82, 2.24) is 5.32 Å². The second-order valence-corrected chi connectivity index (χ2v) is 5.80. The summed E-state index contributed by atoms with van der Waals surface area (Å²) >= 11 is 0. The Bertz CT molecular complexity index is 768. The second-order valence-electron chi connectivity index (χ2n) is 5.80. The van der Waals surface area contributed by atoms with Gasteiger partial charge in [-0.25, -0.2) is 8.78 Å². The molecule has 1 aliphatic carbocycles. The van der Waals surface area contributed by atoms with Gasteiger partial charge in [-0.2, -0.15) is 0 Å². The molecule has 0 atom stereocenters. The predicted octanol–water partition coefficient (Wildman–Crippen LogP) is 3.24. The van der Waals surface area contributed by atoms with E-state index in [9.17, 15) is 18.4 Å². The number of carbonyl (C=O) groups excluding carboxylic acids is 2. The summed E-state index contributed by atoms with van der Waals surface area (Å²) in [7, 11) is 0. The van der Waals surface area contributed by atoms with Crippen LogP contribution < -0.4 is 10.6 Å². The zero-order valence-corrected chi connectivity index (χ0v) is 12.8. The molecule has 0 heterocycles. The van der Waals surface area contributed by atoms with Crippen LogP contribution in [-0.4, -0.2) is 11.8 Å².